The van der Waals surface area contributed by atoms with Gasteiger partial charge in [-0.2, -0.15) is 0 Å². The molecule has 2 heterocycles. The normalized spacial score (nSPS) is 13.6. The van der Waals surface area contributed by atoms with E-state index < -0.39 is 0 Å². The van der Waals surface area contributed by atoms with Gasteiger partial charge in [0.05, 0.1) is 5.56 Å². The first kappa shape index (κ1) is 14.9. The Labute approximate surface area is 137 Å². The van der Waals surface area contributed by atoms with E-state index >= 15 is 0 Å². The van der Waals surface area contributed by atoms with E-state index in [1.54, 1.807) is 23.4 Å². The molecule has 0 radical (unpaired) electrons. The quantitative estimate of drug-likeness (QED) is 0.770. The third-order valence-corrected chi connectivity index (χ3v) is 4.24. The van der Waals surface area contributed by atoms with E-state index in [-0.39, 0.29) is 11.7 Å². The maximum Gasteiger partial charge on any atom is 0.259 e. The number of pyridine rings is 1. The number of anilines is 1. The molecule has 1 aliphatic heterocycles. The van der Waals surface area contributed by atoms with Crippen LogP contribution in [-0.4, -0.2) is 23.2 Å². The van der Waals surface area contributed by atoms with Crippen LogP contribution in [0.3, 0.4) is 0 Å². The maximum absolute atomic E-state index is 12.8. The molecule has 1 amide bonds. The highest BCUT2D eigenvalue weighted by molar-refractivity contribution is 9.10. The Morgan fingerprint density at radius 1 is 1.18 bits per heavy atom. The molecule has 0 unspecified atom stereocenters. The summed E-state index contributed by atoms with van der Waals surface area (Å²) in [6.07, 6.45) is 5.05. The molecule has 0 fully saturated rings. The summed E-state index contributed by atoms with van der Waals surface area (Å²) in [5.41, 5.74) is 3.11. The minimum atomic E-state index is -0.0875. The second-order valence-corrected chi connectivity index (χ2v) is 6.27. The van der Waals surface area contributed by atoms with E-state index in [4.69, 9.17) is 0 Å². The van der Waals surface area contributed by atoms with Crippen LogP contribution in [0.25, 0.3) is 0 Å². The molecule has 0 spiro atoms. The number of Topliss-reactive ketones (excluding diaryl/α,β-unsaturated/α-hetero) is 1. The number of carbonyl (C=O) groups excluding carboxylic acids is 2. The van der Waals surface area contributed by atoms with Gasteiger partial charge < -0.3 is 4.90 Å². The summed E-state index contributed by atoms with van der Waals surface area (Å²) in [6.45, 7) is 2.19. The Hall–Kier alpha value is -2.01. The predicted octanol–water partition coefficient (Wildman–Crippen LogP) is 3.64. The Balaban J connectivity index is 2.02. The van der Waals surface area contributed by atoms with Gasteiger partial charge in [0, 0.05) is 34.7 Å². The van der Waals surface area contributed by atoms with Crippen molar-refractivity contribution in [2.45, 2.75) is 19.8 Å². The van der Waals surface area contributed by atoms with E-state index in [0.717, 1.165) is 28.6 Å². The predicted molar refractivity (Wildman–Crippen MR) is 88.4 cm³/mol. The number of halogens is 1. The molecule has 0 atom stereocenters. The fourth-order valence-corrected chi connectivity index (χ4v) is 3.05. The summed E-state index contributed by atoms with van der Waals surface area (Å²) in [4.78, 5) is 30.2. The third-order valence-electron chi connectivity index (χ3n) is 3.81. The zero-order valence-electron chi connectivity index (χ0n) is 12.2. The number of ketones is 1. The van der Waals surface area contributed by atoms with Crippen LogP contribution in [0.4, 0.5) is 5.69 Å². The molecule has 0 aliphatic carbocycles. The molecular formula is C17H15BrN2O2. The van der Waals surface area contributed by atoms with Crippen molar-refractivity contribution in [3.05, 3.63) is 57.8 Å². The lowest BCUT2D eigenvalue weighted by Crippen LogP contribution is -2.35. The summed E-state index contributed by atoms with van der Waals surface area (Å²) in [5, 5.41) is 0. The SMILES string of the molecule is CC(=O)c1ccc2c(c1)N(C(=O)c1cncc(Br)c1)CCC2. The van der Waals surface area contributed by atoms with Crippen LogP contribution >= 0.6 is 15.9 Å². The minimum absolute atomic E-state index is 0.00453. The van der Waals surface area contributed by atoms with Crippen LogP contribution in [0.5, 0.6) is 0 Å². The van der Waals surface area contributed by atoms with Gasteiger partial charge in [-0.25, -0.2) is 0 Å². The van der Waals surface area contributed by atoms with E-state index in [9.17, 15) is 9.59 Å². The number of carbonyl (C=O) groups is 2. The van der Waals surface area contributed by atoms with Gasteiger partial charge in [0.2, 0.25) is 0 Å². The molecule has 0 saturated carbocycles. The number of hydrogen-bond donors (Lipinski definition) is 0. The first-order valence-corrected chi connectivity index (χ1v) is 7.92. The highest BCUT2D eigenvalue weighted by Crippen LogP contribution is 2.30. The molecule has 0 saturated heterocycles. The number of benzene rings is 1. The number of amides is 1. The van der Waals surface area contributed by atoms with E-state index in [1.165, 1.54) is 6.92 Å². The lowest BCUT2D eigenvalue weighted by Gasteiger charge is -2.30. The molecule has 1 aromatic heterocycles. The molecule has 3 rings (SSSR count). The van der Waals surface area contributed by atoms with Crippen molar-refractivity contribution in [3.8, 4) is 0 Å². The molecule has 1 aromatic carbocycles. The van der Waals surface area contributed by atoms with Crippen molar-refractivity contribution in [2.24, 2.45) is 0 Å². The van der Waals surface area contributed by atoms with Gasteiger partial charge in [-0.05, 0) is 53.4 Å². The van der Waals surface area contributed by atoms with Gasteiger partial charge in [-0.15, -0.1) is 0 Å². The minimum Gasteiger partial charge on any atom is -0.308 e. The maximum atomic E-state index is 12.8. The third kappa shape index (κ3) is 2.81. The van der Waals surface area contributed by atoms with Crippen LogP contribution in [-0.2, 0) is 6.42 Å². The molecule has 0 bridgehead atoms. The van der Waals surface area contributed by atoms with Crippen LogP contribution in [0.2, 0.25) is 0 Å². The summed E-state index contributed by atoms with van der Waals surface area (Å²) in [6, 6.07) is 7.36. The first-order valence-electron chi connectivity index (χ1n) is 7.12. The number of aryl methyl sites for hydroxylation is 1. The Morgan fingerprint density at radius 3 is 2.73 bits per heavy atom. The smallest absolute Gasteiger partial charge is 0.259 e. The monoisotopic (exact) mass is 358 g/mol. The second-order valence-electron chi connectivity index (χ2n) is 5.35. The highest BCUT2D eigenvalue weighted by Gasteiger charge is 2.24. The highest BCUT2D eigenvalue weighted by atomic mass is 79.9. The summed E-state index contributed by atoms with van der Waals surface area (Å²) < 4.78 is 0.771. The van der Waals surface area contributed by atoms with Crippen LogP contribution in [0.1, 0.15) is 39.6 Å². The average molecular weight is 359 g/mol. The Kier molecular flexibility index (Phi) is 4.07. The molecule has 0 N–H and O–H groups in total. The van der Waals surface area contributed by atoms with E-state index in [2.05, 4.69) is 20.9 Å². The number of rotatable bonds is 2. The van der Waals surface area contributed by atoms with Crippen molar-refractivity contribution in [1.29, 1.82) is 0 Å². The van der Waals surface area contributed by atoms with E-state index in [0.29, 0.717) is 17.7 Å². The van der Waals surface area contributed by atoms with Gasteiger partial charge in [-0.3, -0.25) is 14.6 Å². The van der Waals surface area contributed by atoms with Crippen molar-refractivity contribution in [2.75, 3.05) is 11.4 Å². The van der Waals surface area contributed by atoms with Gasteiger partial charge in [0.1, 0.15) is 0 Å². The number of hydrogen-bond acceptors (Lipinski definition) is 3. The molecule has 112 valence electrons. The Morgan fingerprint density at radius 2 is 2.00 bits per heavy atom. The zero-order chi connectivity index (χ0) is 15.7. The average Bonchev–Trinajstić information content (AvgIpc) is 2.53. The Bertz CT molecular complexity index is 758. The van der Waals surface area contributed by atoms with E-state index in [1.807, 2.05) is 18.2 Å². The molecule has 4 nitrogen and oxygen atoms in total. The molecule has 5 heteroatoms. The van der Waals surface area contributed by atoms with Crippen LogP contribution < -0.4 is 4.90 Å². The van der Waals surface area contributed by atoms with Crippen LogP contribution in [0.15, 0.2) is 41.1 Å². The number of fused-ring (bicyclic) bond motifs is 1. The van der Waals surface area contributed by atoms with Crippen molar-refractivity contribution >= 4 is 33.3 Å². The fraction of sp³-hybridized carbons (Fsp3) is 0.235. The van der Waals surface area contributed by atoms with Crippen molar-refractivity contribution < 1.29 is 9.59 Å². The lowest BCUT2D eigenvalue weighted by atomic mass is 9.98. The molecule has 22 heavy (non-hydrogen) atoms. The molecule has 1 aliphatic rings. The lowest BCUT2D eigenvalue weighted by molar-refractivity contribution is 0.0980. The summed E-state index contributed by atoms with van der Waals surface area (Å²) >= 11 is 3.34. The number of nitrogens with zero attached hydrogens (tertiary/aromatic N) is 2. The van der Waals surface area contributed by atoms with Gasteiger partial charge in [-0.1, -0.05) is 12.1 Å². The van der Waals surface area contributed by atoms with Gasteiger partial charge >= 0.3 is 0 Å². The molecular weight excluding hydrogens is 344 g/mol. The van der Waals surface area contributed by atoms with Gasteiger partial charge in [0.15, 0.2) is 5.78 Å². The molecule has 2 aromatic rings. The van der Waals surface area contributed by atoms with Gasteiger partial charge in [0.25, 0.3) is 5.91 Å². The van der Waals surface area contributed by atoms with Crippen LogP contribution in [0, 0.1) is 0 Å². The van der Waals surface area contributed by atoms with Crippen molar-refractivity contribution in [1.82, 2.24) is 4.98 Å². The first-order chi connectivity index (χ1) is 10.6. The second kappa shape index (κ2) is 6.01. The van der Waals surface area contributed by atoms with Crippen molar-refractivity contribution in [3.63, 3.8) is 0 Å². The largest absolute Gasteiger partial charge is 0.308 e. The number of aromatic nitrogens is 1. The zero-order valence-corrected chi connectivity index (χ0v) is 13.8. The summed E-state index contributed by atoms with van der Waals surface area (Å²) in [7, 11) is 0. The topological polar surface area (TPSA) is 50.3 Å². The standard InChI is InChI=1S/C17H15BrN2O2/c1-11(21)13-5-4-12-3-2-6-20(16(12)8-13)17(22)14-7-15(18)10-19-9-14/h4-5,7-10H,2-3,6H2,1H3. The summed E-state index contributed by atoms with van der Waals surface area (Å²) in [5.74, 6) is -0.0830. The fourth-order valence-electron chi connectivity index (χ4n) is 2.69.